The third-order valence-electron chi connectivity index (χ3n) is 5.29. The maximum Gasteiger partial charge on any atom is 0.349 e. The predicted octanol–water partition coefficient (Wildman–Crippen LogP) is 1.58. The number of piperidine rings is 1. The van der Waals surface area contributed by atoms with Crippen LogP contribution in [0.4, 0.5) is 0 Å². The zero-order valence-corrected chi connectivity index (χ0v) is 15.2. The minimum absolute atomic E-state index is 0.155. The van der Waals surface area contributed by atoms with Crippen LogP contribution < -0.4 is 10.9 Å². The van der Waals surface area contributed by atoms with Gasteiger partial charge in [-0.05, 0) is 50.9 Å². The maximum absolute atomic E-state index is 13.0. The molecule has 1 atom stereocenters. The lowest BCUT2D eigenvalue weighted by atomic mass is 9.95. The average Bonchev–Trinajstić information content (AvgIpc) is 3.00. The minimum Gasteiger partial charge on any atom is -0.427 e. The Hall–Kier alpha value is -2.41. The second kappa shape index (κ2) is 6.72. The summed E-state index contributed by atoms with van der Waals surface area (Å²) in [6.45, 7) is 7.22. The van der Waals surface area contributed by atoms with Crippen LogP contribution in [0.3, 0.4) is 0 Å². The van der Waals surface area contributed by atoms with Crippen molar-refractivity contribution >= 4 is 5.91 Å². The van der Waals surface area contributed by atoms with E-state index in [2.05, 4.69) is 10.4 Å². The van der Waals surface area contributed by atoms with Gasteiger partial charge in [0.1, 0.15) is 11.3 Å². The van der Waals surface area contributed by atoms with Gasteiger partial charge < -0.3 is 14.6 Å². The van der Waals surface area contributed by atoms with Crippen molar-refractivity contribution in [3.8, 4) is 0 Å². The highest BCUT2D eigenvalue weighted by Crippen LogP contribution is 2.24. The highest BCUT2D eigenvalue weighted by Gasteiger charge is 2.28. The lowest BCUT2D eigenvalue weighted by Gasteiger charge is -2.28. The Morgan fingerprint density at radius 3 is 2.88 bits per heavy atom. The largest absolute Gasteiger partial charge is 0.427 e. The van der Waals surface area contributed by atoms with E-state index >= 15 is 0 Å². The number of fused-ring (bicyclic) bond motifs is 1. The SMILES string of the molecule is Cc1cc2n(n1)CCN(C(=O)c1c(C)cc(C3CCCNC3)oc1=O)C2. The standard InChI is InChI=1S/C19H24N4O3/c1-12-8-16(14-4-3-5-20-10-14)26-19(25)17(12)18(24)22-6-7-23-15(11-22)9-13(2)21-23/h8-9,14,20H,3-7,10-11H2,1-2H3. The Morgan fingerprint density at radius 1 is 1.31 bits per heavy atom. The van der Waals surface area contributed by atoms with Crippen molar-refractivity contribution in [1.29, 1.82) is 0 Å². The van der Waals surface area contributed by atoms with Crippen molar-refractivity contribution in [2.75, 3.05) is 19.6 Å². The Kier molecular flexibility index (Phi) is 4.40. The summed E-state index contributed by atoms with van der Waals surface area (Å²) in [6, 6.07) is 3.85. The van der Waals surface area contributed by atoms with Crippen LogP contribution in [0.5, 0.6) is 0 Å². The maximum atomic E-state index is 13.0. The lowest BCUT2D eigenvalue weighted by Crippen LogP contribution is -2.40. The molecule has 1 saturated heterocycles. The van der Waals surface area contributed by atoms with Gasteiger partial charge in [0.2, 0.25) is 0 Å². The first kappa shape index (κ1) is 17.0. The summed E-state index contributed by atoms with van der Waals surface area (Å²) in [6.07, 6.45) is 2.06. The Morgan fingerprint density at radius 2 is 2.15 bits per heavy atom. The van der Waals surface area contributed by atoms with Gasteiger partial charge in [0.25, 0.3) is 5.91 Å². The fourth-order valence-electron chi connectivity index (χ4n) is 3.93. The second-order valence-electron chi connectivity index (χ2n) is 7.26. The molecular formula is C19H24N4O3. The van der Waals surface area contributed by atoms with E-state index in [0.717, 1.165) is 37.3 Å². The highest BCUT2D eigenvalue weighted by atomic mass is 16.4. The van der Waals surface area contributed by atoms with E-state index in [1.807, 2.05) is 30.7 Å². The van der Waals surface area contributed by atoms with Gasteiger partial charge in [0.05, 0.1) is 24.5 Å². The molecule has 2 aliphatic heterocycles. The van der Waals surface area contributed by atoms with Gasteiger partial charge in [-0.25, -0.2) is 4.79 Å². The second-order valence-corrected chi connectivity index (χ2v) is 7.26. The van der Waals surface area contributed by atoms with Crippen LogP contribution >= 0.6 is 0 Å². The van der Waals surface area contributed by atoms with Gasteiger partial charge in [-0.3, -0.25) is 9.48 Å². The third kappa shape index (κ3) is 3.07. The molecule has 0 saturated carbocycles. The van der Waals surface area contributed by atoms with Crippen molar-refractivity contribution in [3.63, 3.8) is 0 Å². The molecule has 0 radical (unpaired) electrons. The predicted molar refractivity (Wildman–Crippen MR) is 96.3 cm³/mol. The summed E-state index contributed by atoms with van der Waals surface area (Å²) >= 11 is 0. The average molecular weight is 356 g/mol. The van der Waals surface area contributed by atoms with Crippen LogP contribution in [0.1, 0.15) is 51.8 Å². The van der Waals surface area contributed by atoms with E-state index in [-0.39, 0.29) is 17.4 Å². The molecule has 1 unspecified atom stereocenters. The van der Waals surface area contributed by atoms with Crippen molar-refractivity contribution < 1.29 is 9.21 Å². The monoisotopic (exact) mass is 356 g/mol. The van der Waals surface area contributed by atoms with E-state index in [0.29, 0.717) is 31.0 Å². The fraction of sp³-hybridized carbons (Fsp3) is 0.526. The summed E-state index contributed by atoms with van der Waals surface area (Å²) < 4.78 is 7.48. The number of nitrogens with one attached hydrogen (secondary N) is 1. The summed E-state index contributed by atoms with van der Waals surface area (Å²) in [7, 11) is 0. The number of hydrogen-bond acceptors (Lipinski definition) is 5. The van der Waals surface area contributed by atoms with Crippen molar-refractivity contribution in [1.82, 2.24) is 20.0 Å². The molecule has 0 aliphatic carbocycles. The molecule has 0 bridgehead atoms. The smallest absolute Gasteiger partial charge is 0.349 e. The van der Waals surface area contributed by atoms with E-state index in [9.17, 15) is 9.59 Å². The Bertz CT molecular complexity index is 893. The molecule has 4 heterocycles. The molecule has 7 nitrogen and oxygen atoms in total. The van der Waals surface area contributed by atoms with Crippen LogP contribution in [-0.2, 0) is 13.1 Å². The number of aryl methyl sites for hydroxylation is 2. The minimum atomic E-state index is -0.522. The van der Waals surface area contributed by atoms with Crippen LogP contribution in [0.25, 0.3) is 0 Å². The van der Waals surface area contributed by atoms with E-state index in [4.69, 9.17) is 4.42 Å². The van der Waals surface area contributed by atoms with Crippen molar-refractivity contribution in [3.05, 3.63) is 50.8 Å². The van der Waals surface area contributed by atoms with Gasteiger partial charge in [-0.15, -0.1) is 0 Å². The van der Waals surface area contributed by atoms with Crippen LogP contribution in [0.2, 0.25) is 0 Å². The van der Waals surface area contributed by atoms with Crippen molar-refractivity contribution in [2.24, 2.45) is 0 Å². The van der Waals surface area contributed by atoms with Crippen LogP contribution in [0, 0.1) is 13.8 Å². The molecule has 26 heavy (non-hydrogen) atoms. The molecule has 1 fully saturated rings. The summed E-state index contributed by atoms with van der Waals surface area (Å²) in [5, 5.41) is 7.74. The van der Waals surface area contributed by atoms with Crippen molar-refractivity contribution in [2.45, 2.75) is 45.7 Å². The highest BCUT2D eigenvalue weighted by molar-refractivity contribution is 5.95. The number of rotatable bonds is 2. The zero-order chi connectivity index (χ0) is 18.3. The molecular weight excluding hydrogens is 332 g/mol. The molecule has 1 amide bonds. The number of aromatic nitrogens is 2. The Labute approximate surface area is 152 Å². The third-order valence-corrected chi connectivity index (χ3v) is 5.29. The molecule has 7 heteroatoms. The number of nitrogens with zero attached hydrogens (tertiary/aromatic N) is 3. The van der Waals surface area contributed by atoms with Gasteiger partial charge in [0.15, 0.2) is 0 Å². The molecule has 0 aromatic carbocycles. The van der Waals surface area contributed by atoms with E-state index in [1.54, 1.807) is 4.90 Å². The first-order valence-corrected chi connectivity index (χ1v) is 9.21. The quantitative estimate of drug-likeness (QED) is 0.884. The van der Waals surface area contributed by atoms with Gasteiger partial charge in [-0.1, -0.05) is 0 Å². The van der Waals surface area contributed by atoms with E-state index in [1.165, 1.54) is 0 Å². The number of amides is 1. The number of carbonyl (C=O) groups excluding carboxylic acids is 1. The van der Waals surface area contributed by atoms with Crippen LogP contribution in [-0.4, -0.2) is 40.2 Å². The molecule has 1 N–H and O–H groups in total. The lowest BCUT2D eigenvalue weighted by molar-refractivity contribution is 0.0700. The fourth-order valence-corrected chi connectivity index (χ4v) is 3.93. The zero-order valence-electron chi connectivity index (χ0n) is 15.2. The summed E-state index contributed by atoms with van der Waals surface area (Å²) in [5.41, 5.74) is 2.26. The molecule has 2 aromatic rings. The molecule has 4 rings (SSSR count). The molecule has 2 aromatic heterocycles. The topological polar surface area (TPSA) is 80.4 Å². The van der Waals surface area contributed by atoms with Gasteiger partial charge in [0, 0.05) is 19.0 Å². The molecule has 2 aliphatic rings. The molecule has 138 valence electrons. The number of carbonyl (C=O) groups is 1. The first-order valence-electron chi connectivity index (χ1n) is 9.21. The molecule has 0 spiro atoms. The summed E-state index contributed by atoms with van der Waals surface area (Å²) in [5.74, 6) is 0.630. The van der Waals surface area contributed by atoms with Gasteiger partial charge >= 0.3 is 5.63 Å². The van der Waals surface area contributed by atoms with Crippen LogP contribution in [0.15, 0.2) is 21.3 Å². The number of hydrogen-bond donors (Lipinski definition) is 1. The first-order chi connectivity index (χ1) is 12.5. The van der Waals surface area contributed by atoms with Gasteiger partial charge in [-0.2, -0.15) is 5.10 Å². The summed E-state index contributed by atoms with van der Waals surface area (Å²) in [4.78, 5) is 27.3. The van der Waals surface area contributed by atoms with E-state index < -0.39 is 5.63 Å². The Balaban J connectivity index is 1.59. The normalized spacial score (nSPS) is 20.1.